The number of carbonyl (C=O) groups excluding carboxylic acids is 4. The van der Waals surface area contributed by atoms with Crippen molar-refractivity contribution < 1.29 is 43.3 Å². The number of rotatable bonds is 9. The molecule has 0 aromatic heterocycles. The average Bonchev–Trinajstić information content (AvgIpc) is 3.00. The van der Waals surface area contributed by atoms with E-state index in [2.05, 4.69) is 10.6 Å². The zero-order valence-corrected chi connectivity index (χ0v) is 25.6. The lowest BCUT2D eigenvalue weighted by Gasteiger charge is -2.25. The van der Waals surface area contributed by atoms with E-state index in [4.69, 9.17) is 19.9 Å². The average molecular weight is 624 g/mol. The van der Waals surface area contributed by atoms with Gasteiger partial charge in [0.1, 0.15) is 24.4 Å². The van der Waals surface area contributed by atoms with E-state index in [1.54, 1.807) is 66.7 Å². The lowest BCUT2D eigenvalue weighted by Crippen LogP contribution is -2.51. The minimum atomic E-state index is -1.50. The molecule has 2 aromatic carbocycles. The second-order valence-corrected chi connectivity index (χ2v) is 11.3. The Kier molecular flexibility index (Phi) is 13.1. The number of aliphatic carboxylic acids is 1. The summed E-state index contributed by atoms with van der Waals surface area (Å²) in [6, 6.07) is 12.3. The molecule has 0 unspecified atom stereocenters. The maximum atomic E-state index is 13.7. The first-order valence-corrected chi connectivity index (χ1v) is 14.8. The minimum Gasteiger partial charge on any atom is -0.490 e. The van der Waals surface area contributed by atoms with Crippen molar-refractivity contribution in [1.29, 1.82) is 0 Å². The van der Waals surface area contributed by atoms with Crippen LogP contribution in [0.15, 0.2) is 66.7 Å². The fourth-order valence-electron chi connectivity index (χ4n) is 4.49. The monoisotopic (exact) mass is 623 g/mol. The number of fused-ring (bicyclic) bond motifs is 13. The third kappa shape index (κ3) is 11.4. The summed E-state index contributed by atoms with van der Waals surface area (Å²) < 4.78 is 17.0. The van der Waals surface area contributed by atoms with Gasteiger partial charge < -0.3 is 35.7 Å². The highest BCUT2D eigenvalue weighted by atomic mass is 16.6. The molecule has 0 radical (unpaired) electrons. The molecule has 12 nitrogen and oxygen atoms in total. The van der Waals surface area contributed by atoms with Gasteiger partial charge in [-0.3, -0.25) is 14.4 Å². The van der Waals surface area contributed by atoms with Crippen LogP contribution in [0.1, 0.15) is 44.7 Å². The normalized spacial score (nSPS) is 21.3. The van der Waals surface area contributed by atoms with Crippen LogP contribution in [0.3, 0.4) is 0 Å². The van der Waals surface area contributed by atoms with Gasteiger partial charge in [0.2, 0.25) is 12.0 Å². The van der Waals surface area contributed by atoms with Crippen LogP contribution < -0.4 is 21.1 Å². The second-order valence-electron chi connectivity index (χ2n) is 11.3. The van der Waals surface area contributed by atoms with Gasteiger partial charge in [-0.1, -0.05) is 68.5 Å². The van der Waals surface area contributed by atoms with Crippen LogP contribution >= 0.6 is 0 Å². The third-order valence-corrected chi connectivity index (χ3v) is 6.95. The molecule has 0 saturated carbocycles. The Morgan fingerprint density at radius 3 is 2.29 bits per heavy atom. The van der Waals surface area contributed by atoms with Gasteiger partial charge in [-0.25, -0.2) is 9.59 Å². The number of carboxylic acid groups (broad SMARTS) is 1. The zero-order chi connectivity index (χ0) is 32.9. The van der Waals surface area contributed by atoms with Crippen molar-refractivity contribution in [2.75, 3.05) is 6.61 Å². The SMILES string of the molecule is CC(C)C[C@H](N)C(=O)N[C@H]1Cc2ccc(cc2)OC/C=C\C[C@@H](C(=O)N[C@@H](C)C(=O)O)OC(=O)[C@H](Cc2ccccc2)OC1=O. The van der Waals surface area contributed by atoms with Gasteiger partial charge in [0.15, 0.2) is 6.10 Å². The Morgan fingerprint density at radius 1 is 0.956 bits per heavy atom. The summed E-state index contributed by atoms with van der Waals surface area (Å²) in [6.45, 7) is 5.25. The van der Waals surface area contributed by atoms with Gasteiger partial charge in [0, 0.05) is 19.3 Å². The number of carboxylic acids is 1. The predicted molar refractivity (Wildman–Crippen MR) is 164 cm³/mol. The van der Waals surface area contributed by atoms with Gasteiger partial charge in [0.05, 0.1) is 6.04 Å². The first-order valence-electron chi connectivity index (χ1n) is 14.8. The first-order chi connectivity index (χ1) is 21.4. The molecule has 2 heterocycles. The van der Waals surface area contributed by atoms with E-state index in [1.165, 1.54) is 6.92 Å². The fraction of sp³-hybridized carbons (Fsp3) is 0.424. The molecule has 2 aliphatic heterocycles. The van der Waals surface area contributed by atoms with E-state index in [-0.39, 0.29) is 31.8 Å². The van der Waals surface area contributed by atoms with E-state index < -0.39 is 60.1 Å². The maximum absolute atomic E-state index is 13.7. The Balaban J connectivity index is 1.97. The topological polar surface area (TPSA) is 183 Å². The summed E-state index contributed by atoms with van der Waals surface area (Å²) >= 11 is 0. The van der Waals surface area contributed by atoms with Gasteiger partial charge in [-0.15, -0.1) is 0 Å². The third-order valence-electron chi connectivity index (χ3n) is 6.95. The molecule has 0 aliphatic carbocycles. The van der Waals surface area contributed by atoms with E-state index in [1.807, 2.05) is 13.8 Å². The predicted octanol–water partition coefficient (Wildman–Crippen LogP) is 2.08. The molecule has 4 rings (SSSR count). The minimum absolute atomic E-state index is 0.0321. The van der Waals surface area contributed by atoms with Crippen LogP contribution in [-0.4, -0.2) is 71.8 Å². The number of hydrogen-bond donors (Lipinski definition) is 4. The molecule has 45 heavy (non-hydrogen) atoms. The Morgan fingerprint density at radius 2 is 1.64 bits per heavy atom. The van der Waals surface area contributed by atoms with Crippen LogP contribution in [0.5, 0.6) is 5.75 Å². The van der Waals surface area contributed by atoms with Crippen molar-refractivity contribution in [1.82, 2.24) is 10.6 Å². The van der Waals surface area contributed by atoms with Crippen molar-refractivity contribution in [3.63, 3.8) is 0 Å². The van der Waals surface area contributed by atoms with Gasteiger partial charge in [0.25, 0.3) is 5.91 Å². The highest BCUT2D eigenvalue weighted by Crippen LogP contribution is 2.17. The smallest absolute Gasteiger partial charge is 0.348 e. The molecule has 2 aliphatic rings. The number of carbonyl (C=O) groups is 5. The van der Waals surface area contributed by atoms with Crippen LogP contribution in [-0.2, 0) is 46.3 Å². The summed E-state index contributed by atoms with van der Waals surface area (Å²) in [4.78, 5) is 64.5. The number of hydrogen-bond acceptors (Lipinski definition) is 9. The van der Waals surface area contributed by atoms with Gasteiger partial charge in [-0.2, -0.15) is 0 Å². The van der Waals surface area contributed by atoms with Crippen molar-refractivity contribution in [3.8, 4) is 5.75 Å². The molecule has 2 bridgehead atoms. The molecule has 242 valence electrons. The zero-order valence-electron chi connectivity index (χ0n) is 25.6. The lowest BCUT2D eigenvalue weighted by atomic mass is 10.0. The number of benzene rings is 2. The van der Waals surface area contributed by atoms with E-state index in [0.717, 1.165) is 0 Å². The Hall–Kier alpha value is -4.71. The fourth-order valence-corrected chi connectivity index (χ4v) is 4.49. The number of amides is 2. The molecule has 5 N–H and O–H groups in total. The first kappa shape index (κ1) is 34.8. The summed E-state index contributed by atoms with van der Waals surface area (Å²) in [5.41, 5.74) is 7.42. The summed E-state index contributed by atoms with van der Waals surface area (Å²) in [5, 5.41) is 14.2. The van der Waals surface area contributed by atoms with Crippen molar-refractivity contribution >= 4 is 29.7 Å². The standard InChI is InChI=1S/C33H41N3O9/c1-20(2)17-25(34)29(37)36-26-18-23-12-14-24(15-13-23)43-16-8-7-11-27(30(38)35-21(3)31(39)40)44-33(42)28(45-32(26)41)19-22-9-5-4-6-10-22/h4-10,12-15,20-21,25-28H,11,16-19,34H2,1-3H3,(H,35,38)(H,36,37)(H,39,40)/b8-7-/t21-,25-,26-,27-,28-/m0/s1. The van der Waals surface area contributed by atoms with Crippen LogP contribution in [0, 0.1) is 5.92 Å². The molecular formula is C33H41N3O9. The van der Waals surface area contributed by atoms with E-state index in [9.17, 15) is 29.1 Å². The van der Waals surface area contributed by atoms with E-state index in [0.29, 0.717) is 23.3 Å². The van der Waals surface area contributed by atoms with Gasteiger partial charge in [-0.05, 0) is 42.5 Å². The van der Waals surface area contributed by atoms with Crippen molar-refractivity contribution in [3.05, 3.63) is 77.9 Å². The summed E-state index contributed by atoms with van der Waals surface area (Å²) in [5.74, 6) is -3.91. The molecule has 12 heteroatoms. The summed E-state index contributed by atoms with van der Waals surface area (Å²) in [6.07, 6.45) is 0.494. The van der Waals surface area contributed by atoms with Crippen LogP contribution in [0.25, 0.3) is 0 Å². The molecular weight excluding hydrogens is 582 g/mol. The van der Waals surface area contributed by atoms with Gasteiger partial charge >= 0.3 is 17.9 Å². The Labute approximate surface area is 262 Å². The van der Waals surface area contributed by atoms with Crippen molar-refractivity contribution in [2.24, 2.45) is 11.7 Å². The highest BCUT2D eigenvalue weighted by Gasteiger charge is 2.34. The van der Waals surface area contributed by atoms with Crippen LogP contribution in [0.2, 0.25) is 0 Å². The molecule has 2 amide bonds. The molecule has 0 saturated heterocycles. The van der Waals surface area contributed by atoms with E-state index >= 15 is 0 Å². The highest BCUT2D eigenvalue weighted by molar-refractivity contribution is 5.90. The summed E-state index contributed by atoms with van der Waals surface area (Å²) in [7, 11) is 0. The van der Waals surface area contributed by atoms with Crippen molar-refractivity contribution in [2.45, 2.75) is 76.8 Å². The number of nitrogens with two attached hydrogens (primary N) is 1. The molecule has 0 fully saturated rings. The molecule has 2 aromatic rings. The number of nitrogens with one attached hydrogen (secondary N) is 2. The molecule has 0 spiro atoms. The lowest BCUT2D eigenvalue weighted by molar-refractivity contribution is -0.174. The Bertz CT molecular complexity index is 1340. The molecule has 5 atom stereocenters. The number of ether oxygens (including phenoxy) is 3. The van der Waals surface area contributed by atoms with Crippen LogP contribution in [0.4, 0.5) is 0 Å². The maximum Gasteiger partial charge on any atom is 0.348 e. The largest absolute Gasteiger partial charge is 0.490 e. The quantitative estimate of drug-likeness (QED) is 0.238. The number of esters is 2. The second kappa shape index (κ2) is 17.0.